The second kappa shape index (κ2) is 6.66. The summed E-state index contributed by atoms with van der Waals surface area (Å²) in [6.07, 6.45) is 5.15. The molecule has 0 unspecified atom stereocenters. The molecule has 0 radical (unpaired) electrons. The highest BCUT2D eigenvalue weighted by molar-refractivity contribution is 8.00. The Morgan fingerprint density at radius 3 is 2.83 bits per heavy atom. The topological polar surface area (TPSA) is 77.6 Å². The van der Waals surface area contributed by atoms with Gasteiger partial charge in [0.2, 0.25) is 5.91 Å². The molecule has 2 heterocycles. The Hall–Kier alpha value is -2.61. The molecule has 2 aromatic heterocycles. The first-order valence-electron chi connectivity index (χ1n) is 7.05. The number of nitrogens with zero attached hydrogens (tertiary/aromatic N) is 5. The van der Waals surface area contributed by atoms with Crippen LogP contribution in [-0.4, -0.2) is 35.7 Å². The van der Waals surface area contributed by atoms with E-state index in [9.17, 15) is 4.79 Å². The molecule has 1 atom stereocenters. The third kappa shape index (κ3) is 3.42. The van der Waals surface area contributed by atoms with Gasteiger partial charge in [-0.1, -0.05) is 23.9 Å². The number of rotatable bonds is 5. The monoisotopic (exact) mass is 328 g/mol. The fourth-order valence-electron chi connectivity index (χ4n) is 2.02. The molecule has 7 nitrogen and oxygen atoms in total. The number of carbonyl (C=O) groups excluding carboxylic acids is 1. The van der Waals surface area contributed by atoms with Crippen molar-refractivity contribution in [1.29, 1.82) is 0 Å². The minimum absolute atomic E-state index is 0.0994. The third-order valence-electron chi connectivity index (χ3n) is 3.23. The van der Waals surface area contributed by atoms with Crippen molar-refractivity contribution in [1.82, 2.24) is 24.5 Å². The molecule has 0 bridgehead atoms. The zero-order valence-electron chi connectivity index (χ0n) is 12.7. The molecular weight excluding hydrogens is 312 g/mol. The lowest BCUT2D eigenvalue weighted by Crippen LogP contribution is -2.23. The third-order valence-corrected chi connectivity index (χ3v) is 4.38. The Labute approximate surface area is 137 Å². The van der Waals surface area contributed by atoms with E-state index in [0.29, 0.717) is 10.8 Å². The summed E-state index contributed by atoms with van der Waals surface area (Å²) in [6, 6.07) is 9.39. The zero-order chi connectivity index (χ0) is 16.2. The van der Waals surface area contributed by atoms with Gasteiger partial charge in [0.05, 0.1) is 16.6 Å². The lowest BCUT2D eigenvalue weighted by atomic mass is 10.2. The van der Waals surface area contributed by atoms with Crippen molar-refractivity contribution < 1.29 is 4.79 Å². The van der Waals surface area contributed by atoms with Gasteiger partial charge in [-0.15, -0.1) is 10.2 Å². The molecule has 0 aliphatic rings. The van der Waals surface area contributed by atoms with Crippen LogP contribution in [0.3, 0.4) is 0 Å². The maximum atomic E-state index is 12.5. The van der Waals surface area contributed by atoms with Crippen LogP contribution in [0.2, 0.25) is 0 Å². The van der Waals surface area contributed by atoms with Gasteiger partial charge in [0, 0.05) is 19.4 Å². The Morgan fingerprint density at radius 1 is 1.30 bits per heavy atom. The van der Waals surface area contributed by atoms with E-state index in [2.05, 4.69) is 20.6 Å². The van der Waals surface area contributed by atoms with Crippen LogP contribution in [0.25, 0.3) is 5.69 Å². The summed E-state index contributed by atoms with van der Waals surface area (Å²) in [7, 11) is 1.85. The van der Waals surface area contributed by atoms with Crippen LogP contribution in [0.5, 0.6) is 0 Å². The first-order valence-corrected chi connectivity index (χ1v) is 7.93. The Bertz CT molecular complexity index is 798. The van der Waals surface area contributed by atoms with Crippen molar-refractivity contribution in [3.8, 4) is 5.69 Å². The number of nitrogens with one attached hydrogen (secondary N) is 1. The molecule has 0 saturated heterocycles. The quantitative estimate of drug-likeness (QED) is 0.726. The summed E-state index contributed by atoms with van der Waals surface area (Å²) < 4.78 is 3.50. The summed E-state index contributed by atoms with van der Waals surface area (Å²) in [4.78, 5) is 12.5. The number of anilines is 1. The Balaban J connectivity index is 1.74. The molecule has 0 aliphatic carbocycles. The van der Waals surface area contributed by atoms with Crippen molar-refractivity contribution >= 4 is 23.4 Å². The van der Waals surface area contributed by atoms with E-state index in [1.54, 1.807) is 21.8 Å². The van der Waals surface area contributed by atoms with Crippen molar-refractivity contribution in [2.24, 2.45) is 7.05 Å². The molecular formula is C15H16N6OS. The lowest BCUT2D eigenvalue weighted by molar-refractivity contribution is -0.115. The number of para-hydroxylation sites is 2. The largest absolute Gasteiger partial charge is 0.323 e. The van der Waals surface area contributed by atoms with Gasteiger partial charge in [-0.2, -0.15) is 5.10 Å². The van der Waals surface area contributed by atoms with Gasteiger partial charge in [-0.3, -0.25) is 4.79 Å². The predicted octanol–water partition coefficient (Wildman–Crippen LogP) is 2.12. The van der Waals surface area contributed by atoms with Crippen molar-refractivity contribution in [2.75, 3.05) is 5.32 Å². The fraction of sp³-hybridized carbons (Fsp3) is 0.200. The molecule has 23 heavy (non-hydrogen) atoms. The van der Waals surface area contributed by atoms with Gasteiger partial charge in [-0.25, -0.2) is 4.68 Å². The maximum absolute atomic E-state index is 12.5. The highest BCUT2D eigenvalue weighted by Crippen LogP contribution is 2.23. The minimum atomic E-state index is -0.302. The van der Waals surface area contributed by atoms with E-state index < -0.39 is 0 Å². The molecule has 3 rings (SSSR count). The standard InChI is InChI=1S/C15H16N6OS/c1-11(23-15-19-16-10-20(15)2)14(22)18-12-6-3-4-7-13(12)21-9-5-8-17-21/h3-11H,1-2H3,(H,18,22)/t11-/m0/s1. The summed E-state index contributed by atoms with van der Waals surface area (Å²) >= 11 is 1.36. The van der Waals surface area contributed by atoms with E-state index >= 15 is 0 Å². The number of thioether (sulfide) groups is 1. The fourth-order valence-corrected chi connectivity index (χ4v) is 2.81. The van der Waals surface area contributed by atoms with Gasteiger partial charge < -0.3 is 9.88 Å². The van der Waals surface area contributed by atoms with Crippen LogP contribution < -0.4 is 5.32 Å². The van der Waals surface area contributed by atoms with E-state index in [0.717, 1.165) is 5.69 Å². The second-order valence-corrected chi connectivity index (χ2v) is 6.25. The Morgan fingerprint density at radius 2 is 2.13 bits per heavy atom. The van der Waals surface area contributed by atoms with Crippen molar-refractivity contribution in [2.45, 2.75) is 17.3 Å². The maximum Gasteiger partial charge on any atom is 0.237 e. The highest BCUT2D eigenvalue weighted by atomic mass is 32.2. The lowest BCUT2D eigenvalue weighted by Gasteiger charge is -2.14. The molecule has 1 N–H and O–H groups in total. The number of amides is 1. The van der Waals surface area contributed by atoms with E-state index in [1.807, 2.05) is 50.5 Å². The molecule has 1 amide bonds. The smallest absolute Gasteiger partial charge is 0.237 e. The van der Waals surface area contributed by atoms with Crippen LogP contribution in [0.1, 0.15) is 6.92 Å². The number of benzene rings is 1. The van der Waals surface area contributed by atoms with Gasteiger partial charge in [0.1, 0.15) is 6.33 Å². The molecule has 3 aromatic rings. The Kier molecular flexibility index (Phi) is 4.42. The number of carbonyl (C=O) groups is 1. The minimum Gasteiger partial charge on any atom is -0.323 e. The first kappa shape index (κ1) is 15.3. The van der Waals surface area contributed by atoms with Crippen LogP contribution in [0, 0.1) is 0 Å². The highest BCUT2D eigenvalue weighted by Gasteiger charge is 2.18. The first-order chi connectivity index (χ1) is 11.1. The average Bonchev–Trinajstić information content (AvgIpc) is 3.20. The van der Waals surface area contributed by atoms with Gasteiger partial charge in [-0.05, 0) is 25.1 Å². The second-order valence-electron chi connectivity index (χ2n) is 4.94. The predicted molar refractivity (Wildman–Crippen MR) is 88.5 cm³/mol. The normalized spacial score (nSPS) is 12.1. The molecule has 0 aliphatic heterocycles. The van der Waals surface area contributed by atoms with E-state index in [4.69, 9.17) is 0 Å². The van der Waals surface area contributed by atoms with E-state index in [1.165, 1.54) is 11.8 Å². The van der Waals surface area contributed by atoms with E-state index in [-0.39, 0.29) is 11.2 Å². The van der Waals surface area contributed by atoms with Gasteiger partial charge in [0.25, 0.3) is 0 Å². The average molecular weight is 328 g/mol. The molecule has 0 spiro atoms. The molecule has 8 heteroatoms. The molecule has 1 aromatic carbocycles. The van der Waals surface area contributed by atoms with Gasteiger partial charge >= 0.3 is 0 Å². The summed E-state index contributed by atoms with van der Waals surface area (Å²) in [5.41, 5.74) is 1.54. The zero-order valence-corrected chi connectivity index (χ0v) is 13.6. The van der Waals surface area contributed by atoms with Crippen LogP contribution >= 0.6 is 11.8 Å². The van der Waals surface area contributed by atoms with Crippen LogP contribution in [0.4, 0.5) is 5.69 Å². The van der Waals surface area contributed by atoms with Crippen molar-refractivity contribution in [3.63, 3.8) is 0 Å². The summed E-state index contributed by atoms with van der Waals surface area (Å²) in [5, 5.41) is 15.4. The summed E-state index contributed by atoms with van der Waals surface area (Å²) in [5.74, 6) is -0.0994. The SMILES string of the molecule is C[C@H](Sc1nncn1C)C(=O)Nc1ccccc1-n1cccn1. The van der Waals surface area contributed by atoms with Gasteiger partial charge in [0.15, 0.2) is 5.16 Å². The number of aryl methyl sites for hydroxylation is 1. The molecule has 118 valence electrons. The number of hydrogen-bond donors (Lipinski definition) is 1. The molecule has 0 fully saturated rings. The number of hydrogen-bond acceptors (Lipinski definition) is 5. The molecule has 0 saturated carbocycles. The summed E-state index contributed by atoms with van der Waals surface area (Å²) in [6.45, 7) is 1.84. The van der Waals surface area contributed by atoms with Crippen LogP contribution in [-0.2, 0) is 11.8 Å². The van der Waals surface area contributed by atoms with Crippen molar-refractivity contribution in [3.05, 3.63) is 49.1 Å². The van der Waals surface area contributed by atoms with Crippen LogP contribution in [0.15, 0.2) is 54.2 Å². The number of aromatic nitrogens is 5.